The molecule has 26 heavy (non-hydrogen) atoms. The molecule has 7 nitrogen and oxygen atoms in total. The minimum atomic E-state index is -0.169. The molecule has 0 bridgehead atoms. The summed E-state index contributed by atoms with van der Waals surface area (Å²) in [5, 5.41) is 27.4. The van der Waals surface area contributed by atoms with Crippen molar-refractivity contribution in [3.8, 4) is 23.1 Å². The number of nitriles is 1. The zero-order valence-electron chi connectivity index (χ0n) is 14.4. The van der Waals surface area contributed by atoms with Crippen LogP contribution in [0.3, 0.4) is 0 Å². The van der Waals surface area contributed by atoms with Crippen molar-refractivity contribution in [3.05, 3.63) is 65.2 Å². The van der Waals surface area contributed by atoms with Crippen LogP contribution in [0.2, 0.25) is 0 Å². The Balaban J connectivity index is 1.91. The first-order valence-electron chi connectivity index (χ1n) is 8.13. The lowest BCUT2D eigenvalue weighted by Crippen LogP contribution is -2.07. The molecule has 4 heterocycles. The summed E-state index contributed by atoms with van der Waals surface area (Å²) in [6.07, 6.45) is 3.73. The van der Waals surface area contributed by atoms with Gasteiger partial charge in [-0.2, -0.15) is 15.5 Å². The van der Waals surface area contributed by atoms with Crippen molar-refractivity contribution in [1.82, 2.24) is 24.4 Å². The molecule has 0 spiro atoms. The van der Waals surface area contributed by atoms with Crippen LogP contribution in [0.25, 0.3) is 22.6 Å². The van der Waals surface area contributed by atoms with Crippen molar-refractivity contribution in [2.75, 3.05) is 0 Å². The van der Waals surface area contributed by atoms with Crippen molar-refractivity contribution in [1.29, 1.82) is 5.26 Å². The molecular formula is C19H16N6O. The van der Waals surface area contributed by atoms with Gasteiger partial charge in [-0.3, -0.25) is 0 Å². The Labute approximate surface area is 149 Å². The summed E-state index contributed by atoms with van der Waals surface area (Å²) in [5.41, 5.74) is 5.40. The highest BCUT2D eigenvalue weighted by molar-refractivity contribution is 5.78. The second-order valence-corrected chi connectivity index (χ2v) is 6.13. The van der Waals surface area contributed by atoms with Crippen LogP contribution in [0.5, 0.6) is 0 Å². The lowest BCUT2D eigenvalue weighted by molar-refractivity contribution is 0.281. The number of fused-ring (bicyclic) bond motifs is 1. The fourth-order valence-corrected chi connectivity index (χ4v) is 2.96. The number of aromatic nitrogens is 5. The van der Waals surface area contributed by atoms with E-state index in [-0.39, 0.29) is 6.61 Å². The molecule has 0 aliphatic rings. The molecule has 1 N–H and O–H groups in total. The van der Waals surface area contributed by atoms with Gasteiger partial charge in [0.15, 0.2) is 11.5 Å². The Bertz CT molecular complexity index is 1160. The summed E-state index contributed by atoms with van der Waals surface area (Å²) >= 11 is 0. The first-order valence-corrected chi connectivity index (χ1v) is 8.13. The molecule has 0 fully saturated rings. The fraction of sp³-hybridized carbons (Fsp3) is 0.158. The van der Waals surface area contributed by atoms with E-state index in [0.717, 1.165) is 28.0 Å². The molecule has 4 aromatic rings. The first kappa shape index (κ1) is 16.0. The molecule has 0 saturated carbocycles. The zero-order chi connectivity index (χ0) is 18.3. The van der Waals surface area contributed by atoms with Crippen LogP contribution in [0.4, 0.5) is 0 Å². The predicted molar refractivity (Wildman–Crippen MR) is 95.7 cm³/mol. The molecule has 0 unspecified atom stereocenters. The molecule has 0 radical (unpaired) electrons. The van der Waals surface area contributed by atoms with Gasteiger partial charge in [0.05, 0.1) is 24.0 Å². The molecular weight excluding hydrogens is 328 g/mol. The molecule has 128 valence electrons. The summed E-state index contributed by atoms with van der Waals surface area (Å²) in [5.74, 6) is 0.510. The summed E-state index contributed by atoms with van der Waals surface area (Å²) < 4.78 is 3.41. The van der Waals surface area contributed by atoms with E-state index in [2.05, 4.69) is 10.2 Å². The van der Waals surface area contributed by atoms with E-state index in [1.165, 1.54) is 0 Å². The number of aliphatic hydroxyl groups excluding tert-OH is 1. The van der Waals surface area contributed by atoms with Crippen LogP contribution in [-0.4, -0.2) is 29.5 Å². The Morgan fingerprint density at radius 3 is 2.77 bits per heavy atom. The first-order chi connectivity index (χ1) is 12.6. The smallest absolute Gasteiger partial charge is 0.163 e. The Hall–Kier alpha value is -3.50. The Morgan fingerprint density at radius 1 is 1.19 bits per heavy atom. The largest absolute Gasteiger partial charge is 0.392 e. The number of aryl methyl sites for hydroxylation is 2. The van der Waals surface area contributed by atoms with E-state index in [4.69, 9.17) is 10.2 Å². The molecule has 0 amide bonds. The minimum Gasteiger partial charge on any atom is -0.392 e. The fourth-order valence-electron chi connectivity index (χ4n) is 2.96. The molecule has 0 atom stereocenters. The predicted octanol–water partition coefficient (Wildman–Crippen LogP) is 2.56. The Kier molecular flexibility index (Phi) is 3.75. The molecule has 0 aromatic carbocycles. The maximum absolute atomic E-state index is 9.70. The van der Waals surface area contributed by atoms with E-state index >= 15 is 0 Å². The van der Waals surface area contributed by atoms with Gasteiger partial charge in [0.1, 0.15) is 6.07 Å². The number of aliphatic hydroxyl groups is 1. The van der Waals surface area contributed by atoms with Crippen LogP contribution in [-0.2, 0) is 6.61 Å². The second kappa shape index (κ2) is 6.10. The highest BCUT2D eigenvalue weighted by Crippen LogP contribution is 2.26. The third-order valence-electron chi connectivity index (χ3n) is 4.27. The molecule has 4 rings (SSSR count). The van der Waals surface area contributed by atoms with Crippen molar-refractivity contribution in [2.45, 2.75) is 20.5 Å². The monoisotopic (exact) mass is 344 g/mol. The van der Waals surface area contributed by atoms with Gasteiger partial charge < -0.3 is 5.11 Å². The average molecular weight is 344 g/mol. The maximum atomic E-state index is 9.70. The summed E-state index contributed by atoms with van der Waals surface area (Å²) in [7, 11) is 0. The lowest BCUT2D eigenvalue weighted by atomic mass is 10.1. The van der Waals surface area contributed by atoms with Crippen molar-refractivity contribution >= 4 is 5.52 Å². The minimum absolute atomic E-state index is 0.169. The number of rotatable bonds is 3. The molecule has 0 saturated heterocycles. The van der Waals surface area contributed by atoms with Crippen LogP contribution >= 0.6 is 0 Å². The van der Waals surface area contributed by atoms with E-state index in [9.17, 15) is 5.11 Å². The molecule has 4 aromatic heterocycles. The standard InChI is InChI=1S/C19H16N6O/c1-12-3-6-18-16(9-21-24(18)10-12)17-5-4-14(11-26)19(22-17)25-13(2)7-15(8-20)23-25/h3-7,9-10,26H,11H2,1-2H3. The zero-order valence-corrected chi connectivity index (χ0v) is 14.4. The quantitative estimate of drug-likeness (QED) is 0.617. The molecule has 0 aliphatic heterocycles. The van der Waals surface area contributed by atoms with Gasteiger partial charge in [-0.05, 0) is 37.6 Å². The summed E-state index contributed by atoms with van der Waals surface area (Å²) in [6.45, 7) is 3.69. The van der Waals surface area contributed by atoms with Gasteiger partial charge in [0, 0.05) is 23.0 Å². The molecule has 0 aliphatic carbocycles. The summed E-state index contributed by atoms with van der Waals surface area (Å²) in [6, 6.07) is 11.4. The van der Waals surface area contributed by atoms with Crippen LogP contribution in [0.15, 0.2) is 42.7 Å². The van der Waals surface area contributed by atoms with E-state index in [1.54, 1.807) is 16.9 Å². The molecule has 7 heteroatoms. The highest BCUT2D eigenvalue weighted by Gasteiger charge is 2.15. The second-order valence-electron chi connectivity index (χ2n) is 6.13. The summed E-state index contributed by atoms with van der Waals surface area (Å²) in [4.78, 5) is 4.71. The number of pyridine rings is 2. The van der Waals surface area contributed by atoms with Crippen molar-refractivity contribution < 1.29 is 5.11 Å². The van der Waals surface area contributed by atoms with E-state index in [1.807, 2.05) is 54.9 Å². The van der Waals surface area contributed by atoms with Crippen LogP contribution in [0, 0.1) is 25.2 Å². The third-order valence-corrected chi connectivity index (χ3v) is 4.27. The SMILES string of the molecule is Cc1ccc2c(-c3ccc(CO)c(-n4nc(C#N)cc4C)n3)cnn2c1. The number of hydrogen-bond donors (Lipinski definition) is 1. The van der Waals surface area contributed by atoms with Gasteiger partial charge >= 0.3 is 0 Å². The third kappa shape index (κ3) is 2.53. The van der Waals surface area contributed by atoms with Gasteiger partial charge in [0.25, 0.3) is 0 Å². The van der Waals surface area contributed by atoms with Crippen LogP contribution in [0.1, 0.15) is 22.5 Å². The highest BCUT2D eigenvalue weighted by atomic mass is 16.3. The topological polar surface area (TPSA) is 92.0 Å². The van der Waals surface area contributed by atoms with Crippen LogP contribution < -0.4 is 0 Å². The Morgan fingerprint density at radius 2 is 2.04 bits per heavy atom. The average Bonchev–Trinajstić information content (AvgIpc) is 3.24. The van der Waals surface area contributed by atoms with E-state index in [0.29, 0.717) is 17.1 Å². The van der Waals surface area contributed by atoms with E-state index < -0.39 is 0 Å². The lowest BCUT2D eigenvalue weighted by Gasteiger charge is -2.10. The van der Waals surface area contributed by atoms with Gasteiger partial charge in [-0.15, -0.1) is 0 Å². The normalized spacial score (nSPS) is 11.0. The van der Waals surface area contributed by atoms with Crippen molar-refractivity contribution in [3.63, 3.8) is 0 Å². The van der Waals surface area contributed by atoms with Gasteiger partial charge in [-0.1, -0.05) is 12.1 Å². The number of hydrogen-bond acceptors (Lipinski definition) is 5. The maximum Gasteiger partial charge on any atom is 0.163 e. The number of nitrogens with zero attached hydrogens (tertiary/aromatic N) is 6. The van der Waals surface area contributed by atoms with Gasteiger partial charge in [-0.25, -0.2) is 14.2 Å². The van der Waals surface area contributed by atoms with Gasteiger partial charge in [0.2, 0.25) is 0 Å². The van der Waals surface area contributed by atoms with Crippen molar-refractivity contribution in [2.24, 2.45) is 0 Å².